The number of nitrogens with zero attached hydrogens (tertiary/aromatic N) is 1. The van der Waals surface area contributed by atoms with Crippen molar-refractivity contribution in [2.45, 2.75) is 50.4 Å². The predicted molar refractivity (Wildman–Crippen MR) is 80.7 cm³/mol. The number of amides is 2. The van der Waals surface area contributed by atoms with Gasteiger partial charge in [0.2, 0.25) is 5.88 Å². The van der Waals surface area contributed by atoms with E-state index in [9.17, 15) is 18.0 Å². The number of alkyl halides is 3. The molecule has 3 aliphatic carbocycles. The van der Waals surface area contributed by atoms with Gasteiger partial charge in [-0.1, -0.05) is 0 Å². The maximum absolute atomic E-state index is 13.8. The lowest BCUT2D eigenvalue weighted by atomic mass is 9.81. The number of nitrogens with one attached hydrogen (secondary N) is 2. The molecule has 1 aromatic rings. The molecule has 8 heteroatoms. The van der Waals surface area contributed by atoms with Crippen molar-refractivity contribution in [3.63, 3.8) is 0 Å². The zero-order valence-electron chi connectivity index (χ0n) is 13.3. The molecule has 2 amide bonds. The average Bonchev–Trinajstić information content (AvgIpc) is 2.94. The molecule has 0 aliphatic heterocycles. The van der Waals surface area contributed by atoms with Gasteiger partial charge < -0.3 is 15.4 Å². The van der Waals surface area contributed by atoms with E-state index in [0.717, 1.165) is 6.92 Å². The van der Waals surface area contributed by atoms with Crippen molar-refractivity contribution >= 4 is 6.03 Å². The lowest BCUT2D eigenvalue weighted by Crippen LogP contribution is -2.42. The molecule has 1 aromatic heterocycles. The van der Waals surface area contributed by atoms with Crippen molar-refractivity contribution in [1.82, 2.24) is 15.6 Å². The van der Waals surface area contributed by atoms with Crippen LogP contribution in [-0.4, -0.2) is 35.3 Å². The molecular weight excluding hydrogens is 323 g/mol. The summed E-state index contributed by atoms with van der Waals surface area (Å²) in [6, 6.07) is 2.67. The molecule has 24 heavy (non-hydrogen) atoms. The van der Waals surface area contributed by atoms with Gasteiger partial charge in [0.15, 0.2) is 6.61 Å². The summed E-state index contributed by atoms with van der Waals surface area (Å²) < 4.78 is 44.3. The van der Waals surface area contributed by atoms with Crippen molar-refractivity contribution in [1.29, 1.82) is 0 Å². The Morgan fingerprint density at radius 2 is 2.21 bits per heavy atom. The Balaban J connectivity index is 1.45. The Kier molecular flexibility index (Phi) is 4.31. The first kappa shape index (κ1) is 16.9. The van der Waals surface area contributed by atoms with E-state index in [1.54, 1.807) is 6.07 Å². The summed E-state index contributed by atoms with van der Waals surface area (Å²) in [5.74, 6) is -2.63. The third-order valence-corrected chi connectivity index (χ3v) is 4.45. The van der Waals surface area contributed by atoms with Crippen LogP contribution in [0.15, 0.2) is 18.3 Å². The molecule has 4 rings (SSSR count). The first-order chi connectivity index (χ1) is 11.2. The number of carbonyl (C=O) groups excluding carboxylic acids is 1. The van der Waals surface area contributed by atoms with Gasteiger partial charge in [-0.15, -0.1) is 0 Å². The van der Waals surface area contributed by atoms with Gasteiger partial charge in [0.05, 0.1) is 0 Å². The Morgan fingerprint density at radius 3 is 2.83 bits per heavy atom. The predicted octanol–water partition coefficient (Wildman–Crippen LogP) is 2.81. The number of pyridine rings is 1. The highest BCUT2D eigenvalue weighted by Gasteiger charge is 2.57. The van der Waals surface area contributed by atoms with Crippen LogP contribution in [0, 0.1) is 5.92 Å². The molecule has 1 heterocycles. The summed E-state index contributed by atoms with van der Waals surface area (Å²) in [5.41, 5.74) is -0.409. The number of urea groups is 1. The number of aromatic nitrogens is 1. The number of hydrogen-bond acceptors (Lipinski definition) is 3. The van der Waals surface area contributed by atoms with Crippen LogP contribution in [0.3, 0.4) is 0 Å². The maximum Gasteiger partial charge on any atom is 0.315 e. The monoisotopic (exact) mass is 343 g/mol. The van der Waals surface area contributed by atoms with Gasteiger partial charge in [-0.05, 0) is 30.4 Å². The van der Waals surface area contributed by atoms with Gasteiger partial charge in [-0.3, -0.25) is 0 Å². The molecule has 0 radical (unpaired) electrons. The highest BCUT2D eigenvalue weighted by atomic mass is 19.3. The third kappa shape index (κ3) is 4.10. The van der Waals surface area contributed by atoms with E-state index in [-0.39, 0.29) is 30.4 Å². The van der Waals surface area contributed by atoms with Crippen molar-refractivity contribution in [2.24, 2.45) is 5.92 Å². The summed E-state index contributed by atoms with van der Waals surface area (Å²) in [5, 5.41) is 5.46. The van der Waals surface area contributed by atoms with Gasteiger partial charge in [0, 0.05) is 38.2 Å². The van der Waals surface area contributed by atoms with Gasteiger partial charge >= 0.3 is 6.03 Å². The average molecular weight is 343 g/mol. The number of rotatable bonds is 6. The summed E-state index contributed by atoms with van der Waals surface area (Å²) in [6.45, 7) is 0.203. The van der Waals surface area contributed by atoms with Crippen molar-refractivity contribution in [3.8, 4) is 5.88 Å². The van der Waals surface area contributed by atoms with E-state index in [1.165, 1.54) is 12.3 Å². The van der Waals surface area contributed by atoms with E-state index in [2.05, 4.69) is 15.6 Å². The van der Waals surface area contributed by atoms with Crippen LogP contribution in [0.2, 0.25) is 0 Å². The summed E-state index contributed by atoms with van der Waals surface area (Å²) in [4.78, 5) is 15.7. The number of halogens is 3. The molecule has 2 N–H and O–H groups in total. The number of fused-ring (bicyclic) bond motifs is 1. The molecule has 0 saturated heterocycles. The van der Waals surface area contributed by atoms with Crippen LogP contribution in [0.25, 0.3) is 0 Å². The summed E-state index contributed by atoms with van der Waals surface area (Å²) in [7, 11) is 0. The Morgan fingerprint density at radius 1 is 1.46 bits per heavy atom. The molecule has 3 aliphatic rings. The first-order valence-electron chi connectivity index (χ1n) is 7.91. The molecule has 0 aromatic carbocycles. The molecular formula is C16H20F3N3O2. The van der Waals surface area contributed by atoms with E-state index in [1.807, 2.05) is 0 Å². The zero-order chi connectivity index (χ0) is 17.4. The minimum Gasteiger partial charge on any atom is -0.471 e. The highest BCUT2D eigenvalue weighted by molar-refractivity contribution is 5.74. The van der Waals surface area contributed by atoms with Gasteiger partial charge in [0.25, 0.3) is 5.92 Å². The summed E-state index contributed by atoms with van der Waals surface area (Å²) >= 11 is 0. The minimum atomic E-state index is -2.94. The number of carbonyl (C=O) groups is 1. The van der Waals surface area contributed by atoms with Gasteiger partial charge in [-0.25, -0.2) is 22.9 Å². The highest BCUT2D eigenvalue weighted by Crippen LogP contribution is 2.54. The Labute approximate surface area is 138 Å². The quantitative estimate of drug-likeness (QED) is 0.835. The fraction of sp³-hybridized carbons (Fsp3) is 0.625. The lowest BCUT2D eigenvalue weighted by Gasteiger charge is -2.30. The molecule has 5 nitrogen and oxygen atoms in total. The molecule has 0 spiro atoms. The Bertz CT molecular complexity index is 615. The largest absolute Gasteiger partial charge is 0.471 e. The van der Waals surface area contributed by atoms with Crippen LogP contribution < -0.4 is 15.4 Å². The minimum absolute atomic E-state index is 0.0761. The molecule has 3 saturated carbocycles. The second-order valence-electron chi connectivity index (χ2n) is 6.82. The second kappa shape index (κ2) is 6.14. The van der Waals surface area contributed by atoms with Crippen molar-refractivity contribution in [3.05, 3.63) is 23.9 Å². The fourth-order valence-electron chi connectivity index (χ4n) is 3.30. The maximum atomic E-state index is 13.8. The number of hydrogen-bond donors (Lipinski definition) is 2. The van der Waals surface area contributed by atoms with E-state index in [4.69, 9.17) is 4.74 Å². The van der Waals surface area contributed by atoms with Crippen LogP contribution in [0.5, 0.6) is 5.88 Å². The SMILES string of the molecule is CC(F)(F)COc1cc(CNC(=O)N[C@@H]2CC3(F)CC2C3)ccn1. The van der Waals surface area contributed by atoms with Crippen LogP contribution >= 0.6 is 0 Å². The fourth-order valence-corrected chi connectivity index (χ4v) is 3.30. The third-order valence-electron chi connectivity index (χ3n) is 4.45. The van der Waals surface area contributed by atoms with Crippen LogP contribution in [-0.2, 0) is 6.54 Å². The van der Waals surface area contributed by atoms with E-state index < -0.39 is 18.2 Å². The number of ether oxygens (including phenoxy) is 1. The molecule has 0 unspecified atom stereocenters. The Hall–Kier alpha value is -1.99. The van der Waals surface area contributed by atoms with Gasteiger partial charge in [0.1, 0.15) is 5.67 Å². The molecule has 2 bridgehead atoms. The van der Waals surface area contributed by atoms with Crippen LogP contribution in [0.1, 0.15) is 31.7 Å². The normalized spacial score (nSPS) is 28.2. The molecule has 3 fully saturated rings. The van der Waals surface area contributed by atoms with Crippen molar-refractivity contribution in [2.75, 3.05) is 6.61 Å². The van der Waals surface area contributed by atoms with E-state index >= 15 is 0 Å². The zero-order valence-corrected chi connectivity index (χ0v) is 13.3. The molecule has 132 valence electrons. The smallest absolute Gasteiger partial charge is 0.315 e. The second-order valence-corrected chi connectivity index (χ2v) is 6.82. The topological polar surface area (TPSA) is 63.2 Å². The van der Waals surface area contributed by atoms with Gasteiger partial charge in [-0.2, -0.15) is 0 Å². The standard InChI is InChI=1S/C16H20F3N3O2/c1-15(17,18)9-24-13-4-10(2-3-20-13)8-21-14(23)22-12-7-16(19)5-11(12)6-16/h2-4,11-12H,5-9H2,1H3,(H2,21,22,23)/t11?,12-,16?/m1/s1. The van der Waals surface area contributed by atoms with Crippen molar-refractivity contribution < 1.29 is 22.7 Å². The van der Waals surface area contributed by atoms with Crippen LogP contribution in [0.4, 0.5) is 18.0 Å². The lowest BCUT2D eigenvalue weighted by molar-refractivity contribution is -0.0242. The summed E-state index contributed by atoms with van der Waals surface area (Å²) in [6.07, 6.45) is 2.87. The van der Waals surface area contributed by atoms with E-state index in [0.29, 0.717) is 24.8 Å². The first-order valence-corrected chi connectivity index (χ1v) is 7.91. The molecule has 1 atom stereocenters.